The number of benzene rings is 2. The molecule has 0 spiro atoms. The van der Waals surface area contributed by atoms with Gasteiger partial charge in [-0.25, -0.2) is 0 Å². The highest BCUT2D eigenvalue weighted by atomic mass is 15.1. The van der Waals surface area contributed by atoms with Gasteiger partial charge in [-0.15, -0.1) is 6.58 Å². The highest BCUT2D eigenvalue weighted by Crippen LogP contribution is 2.64. The van der Waals surface area contributed by atoms with Crippen molar-refractivity contribution in [2.24, 2.45) is 17.3 Å². The van der Waals surface area contributed by atoms with Crippen LogP contribution in [0.1, 0.15) is 42.0 Å². The third-order valence-electron chi connectivity index (χ3n) is 6.61. The summed E-state index contributed by atoms with van der Waals surface area (Å²) in [4.78, 5) is 2.23. The van der Waals surface area contributed by atoms with Crippen molar-refractivity contribution in [2.75, 3.05) is 11.9 Å². The number of hydrogen-bond donors (Lipinski definition) is 0. The van der Waals surface area contributed by atoms with Crippen LogP contribution in [0.2, 0.25) is 0 Å². The maximum absolute atomic E-state index is 9.08. The Morgan fingerprint density at radius 2 is 1.71 bits per heavy atom. The number of allylic oxidation sites excluding steroid dienone is 2. The highest BCUT2D eigenvalue weighted by molar-refractivity contribution is 5.56. The van der Waals surface area contributed by atoms with Gasteiger partial charge in [-0.1, -0.05) is 44.7 Å². The molecule has 2 aromatic carbocycles. The molecule has 1 saturated carbocycles. The topological polar surface area (TPSA) is 27.0 Å². The quantitative estimate of drug-likeness (QED) is 0.572. The fraction of sp³-hybridized carbons (Fsp3) is 0.346. The van der Waals surface area contributed by atoms with Gasteiger partial charge in [0.2, 0.25) is 0 Å². The lowest BCUT2D eigenvalue weighted by Gasteiger charge is -2.60. The van der Waals surface area contributed by atoms with Gasteiger partial charge >= 0.3 is 0 Å². The molecule has 3 rings (SSSR count). The summed E-state index contributed by atoms with van der Waals surface area (Å²) < 4.78 is 0. The lowest BCUT2D eigenvalue weighted by Crippen LogP contribution is -2.53. The van der Waals surface area contributed by atoms with Gasteiger partial charge < -0.3 is 4.90 Å². The molecule has 4 atom stereocenters. The van der Waals surface area contributed by atoms with Crippen LogP contribution >= 0.6 is 0 Å². The van der Waals surface area contributed by atoms with Gasteiger partial charge in [-0.3, -0.25) is 0 Å². The van der Waals surface area contributed by atoms with Crippen molar-refractivity contribution >= 4 is 5.69 Å². The highest BCUT2D eigenvalue weighted by Gasteiger charge is 2.57. The van der Waals surface area contributed by atoms with Crippen LogP contribution in [0.4, 0.5) is 5.69 Å². The van der Waals surface area contributed by atoms with Crippen molar-refractivity contribution in [3.8, 4) is 6.07 Å². The monoisotopic (exact) mass is 370 g/mol. The molecule has 28 heavy (non-hydrogen) atoms. The van der Waals surface area contributed by atoms with Crippen molar-refractivity contribution in [3.05, 3.63) is 89.6 Å². The van der Waals surface area contributed by atoms with Crippen LogP contribution in [0, 0.1) is 42.4 Å². The lowest BCUT2D eigenvalue weighted by atomic mass is 9.45. The van der Waals surface area contributed by atoms with Crippen LogP contribution in [0.15, 0.2) is 67.4 Å². The van der Waals surface area contributed by atoms with Crippen LogP contribution in [-0.4, -0.2) is 7.05 Å². The molecule has 2 nitrogen and oxygen atoms in total. The van der Waals surface area contributed by atoms with Crippen molar-refractivity contribution in [1.82, 2.24) is 0 Å². The van der Waals surface area contributed by atoms with Gasteiger partial charge in [0.1, 0.15) is 0 Å². The second-order valence-electron chi connectivity index (χ2n) is 8.51. The van der Waals surface area contributed by atoms with Gasteiger partial charge in [0.15, 0.2) is 0 Å². The van der Waals surface area contributed by atoms with Crippen LogP contribution < -0.4 is 4.90 Å². The first-order valence-electron chi connectivity index (χ1n) is 9.87. The van der Waals surface area contributed by atoms with Gasteiger partial charge in [-0.05, 0) is 66.6 Å². The van der Waals surface area contributed by atoms with Crippen molar-refractivity contribution in [3.63, 3.8) is 0 Å². The fourth-order valence-electron chi connectivity index (χ4n) is 5.26. The average Bonchev–Trinajstić information content (AvgIpc) is 2.67. The third-order valence-corrected chi connectivity index (χ3v) is 6.61. The molecule has 0 heterocycles. The molecule has 0 saturated heterocycles. The van der Waals surface area contributed by atoms with Gasteiger partial charge in [0.05, 0.1) is 11.6 Å². The number of rotatable bonds is 5. The van der Waals surface area contributed by atoms with E-state index in [0.29, 0.717) is 23.3 Å². The largest absolute Gasteiger partial charge is 0.348 e. The summed E-state index contributed by atoms with van der Waals surface area (Å²) in [7, 11) is 2.11. The zero-order valence-electron chi connectivity index (χ0n) is 17.7. The normalized spacial score (nSPS) is 26.1. The summed E-state index contributed by atoms with van der Waals surface area (Å²) in [5.74, 6) is 1.13. The minimum Gasteiger partial charge on any atom is -0.348 e. The SMILES string of the molecule is C=CC1(C)C(C(=C)N(C)c2cc(C)cc(C)c2)C(C)C1c1ccc(C#N)cc1. The van der Waals surface area contributed by atoms with Crippen molar-refractivity contribution in [1.29, 1.82) is 5.26 Å². The molecule has 0 aliphatic heterocycles. The standard InChI is InChI=1S/C26H30N2/c1-8-26(6)24(19(4)25(26)22-11-9-21(16-27)10-12-22)20(5)28(7)23-14-17(2)13-18(3)15-23/h8-15,19,24-25H,1,5H2,2-4,6-7H3. The van der Waals surface area contributed by atoms with Crippen molar-refractivity contribution < 1.29 is 0 Å². The van der Waals surface area contributed by atoms with E-state index in [1.165, 1.54) is 22.4 Å². The van der Waals surface area contributed by atoms with E-state index in [4.69, 9.17) is 5.26 Å². The molecule has 2 heteroatoms. The number of anilines is 1. The van der Waals surface area contributed by atoms with Crippen LogP contribution in [0.5, 0.6) is 0 Å². The smallest absolute Gasteiger partial charge is 0.0991 e. The molecule has 0 aromatic heterocycles. The van der Waals surface area contributed by atoms with E-state index in [-0.39, 0.29) is 5.41 Å². The van der Waals surface area contributed by atoms with Crippen LogP contribution in [-0.2, 0) is 0 Å². The average molecular weight is 371 g/mol. The molecule has 144 valence electrons. The van der Waals surface area contributed by atoms with E-state index >= 15 is 0 Å². The maximum atomic E-state index is 9.08. The van der Waals surface area contributed by atoms with E-state index in [1.807, 2.05) is 12.1 Å². The summed E-state index contributed by atoms with van der Waals surface area (Å²) in [6.45, 7) is 17.5. The summed E-state index contributed by atoms with van der Waals surface area (Å²) >= 11 is 0. The predicted molar refractivity (Wildman–Crippen MR) is 118 cm³/mol. The molecule has 0 bridgehead atoms. The molecule has 0 N–H and O–H groups in total. The van der Waals surface area contributed by atoms with E-state index in [1.54, 1.807) is 0 Å². The fourth-order valence-corrected chi connectivity index (χ4v) is 5.26. The molecule has 0 radical (unpaired) electrons. The number of hydrogen-bond acceptors (Lipinski definition) is 2. The molecular formula is C26H30N2. The minimum atomic E-state index is -0.0716. The first-order valence-corrected chi connectivity index (χ1v) is 9.87. The van der Waals surface area contributed by atoms with E-state index in [9.17, 15) is 0 Å². The first kappa shape index (κ1) is 20.0. The Bertz CT molecular complexity index is 927. The Morgan fingerprint density at radius 1 is 1.14 bits per heavy atom. The van der Waals surface area contributed by atoms with Gasteiger partial charge in [-0.2, -0.15) is 5.26 Å². The molecule has 2 aromatic rings. The maximum Gasteiger partial charge on any atom is 0.0991 e. The summed E-state index contributed by atoms with van der Waals surface area (Å²) in [6, 6.07) is 16.8. The molecule has 4 unspecified atom stereocenters. The number of aryl methyl sites for hydroxylation is 2. The molecular weight excluding hydrogens is 340 g/mol. The van der Waals surface area contributed by atoms with Crippen LogP contribution in [0.25, 0.3) is 0 Å². The third kappa shape index (κ3) is 3.16. The molecule has 1 aliphatic carbocycles. The molecule has 1 aliphatic rings. The molecule has 1 fully saturated rings. The second kappa shape index (κ2) is 7.32. The lowest BCUT2D eigenvalue weighted by molar-refractivity contribution is 0.0155. The number of nitriles is 1. The van der Waals surface area contributed by atoms with Crippen LogP contribution in [0.3, 0.4) is 0 Å². The Labute approximate surface area is 169 Å². The second-order valence-corrected chi connectivity index (χ2v) is 8.51. The molecule has 0 amide bonds. The number of nitrogens with zero attached hydrogens (tertiary/aromatic N) is 2. The Kier molecular flexibility index (Phi) is 5.22. The van der Waals surface area contributed by atoms with E-state index in [0.717, 1.165) is 5.70 Å². The zero-order valence-corrected chi connectivity index (χ0v) is 17.7. The van der Waals surface area contributed by atoms with Gasteiger partial charge in [0.25, 0.3) is 0 Å². The Balaban J connectivity index is 1.90. The van der Waals surface area contributed by atoms with Gasteiger partial charge in [0, 0.05) is 29.8 Å². The van der Waals surface area contributed by atoms with Crippen molar-refractivity contribution in [2.45, 2.75) is 33.6 Å². The Morgan fingerprint density at radius 3 is 2.21 bits per heavy atom. The van der Waals surface area contributed by atoms with E-state index in [2.05, 4.69) is 95.3 Å². The summed E-state index contributed by atoms with van der Waals surface area (Å²) in [5.41, 5.74) is 6.74. The first-order chi connectivity index (χ1) is 13.2. The predicted octanol–water partition coefficient (Wildman–Crippen LogP) is 6.37. The van der Waals surface area contributed by atoms with E-state index < -0.39 is 0 Å². The Hall–Kier alpha value is -2.79. The minimum absolute atomic E-state index is 0.0716. The summed E-state index contributed by atoms with van der Waals surface area (Å²) in [5, 5.41) is 9.08. The summed E-state index contributed by atoms with van der Waals surface area (Å²) in [6.07, 6.45) is 2.10. The zero-order chi connectivity index (χ0) is 20.6.